The normalized spacial score (nSPS) is 13.3. The molecule has 0 spiro atoms. The maximum atomic E-state index is 12.5. The van der Waals surface area contributed by atoms with Crippen LogP contribution in [-0.2, 0) is 20.7 Å². The molecule has 0 radical (unpaired) electrons. The summed E-state index contributed by atoms with van der Waals surface area (Å²) in [6.07, 6.45) is 2.05. The van der Waals surface area contributed by atoms with Gasteiger partial charge in [0.15, 0.2) is 0 Å². The van der Waals surface area contributed by atoms with E-state index in [-0.39, 0.29) is 23.8 Å². The first-order valence-corrected chi connectivity index (χ1v) is 7.90. The van der Waals surface area contributed by atoms with Crippen molar-refractivity contribution in [2.75, 3.05) is 13.7 Å². The number of aryl methyl sites for hydroxylation is 1. The maximum absolute atomic E-state index is 12.5. The molecule has 0 aliphatic heterocycles. The van der Waals surface area contributed by atoms with Gasteiger partial charge in [-0.15, -0.1) is 0 Å². The van der Waals surface area contributed by atoms with Crippen molar-refractivity contribution in [2.24, 2.45) is 5.92 Å². The lowest BCUT2D eigenvalue weighted by molar-refractivity contribution is -0.147. The minimum Gasteiger partial charge on any atom is -0.469 e. The quantitative estimate of drug-likeness (QED) is 0.694. The van der Waals surface area contributed by atoms with Crippen LogP contribution in [-0.4, -0.2) is 36.5 Å². The molecule has 0 saturated carbocycles. The van der Waals surface area contributed by atoms with Crippen molar-refractivity contribution >= 4 is 11.9 Å². The van der Waals surface area contributed by atoms with E-state index in [1.54, 1.807) is 6.92 Å². The molecule has 0 bridgehead atoms. The molecule has 22 heavy (non-hydrogen) atoms. The van der Waals surface area contributed by atoms with Crippen LogP contribution in [0.25, 0.3) is 0 Å². The molecule has 0 saturated heterocycles. The number of benzene rings is 1. The van der Waals surface area contributed by atoms with E-state index < -0.39 is 0 Å². The van der Waals surface area contributed by atoms with E-state index in [4.69, 9.17) is 4.74 Å². The second-order valence-corrected chi connectivity index (χ2v) is 5.71. The first-order valence-electron chi connectivity index (χ1n) is 7.90. The van der Waals surface area contributed by atoms with Gasteiger partial charge in [0.1, 0.15) is 0 Å². The Bertz CT molecular complexity index is 472. The third-order valence-corrected chi connectivity index (χ3v) is 3.99. The highest BCUT2D eigenvalue weighted by Crippen LogP contribution is 2.13. The van der Waals surface area contributed by atoms with Crippen LogP contribution in [0, 0.1) is 5.92 Å². The Kier molecular flexibility index (Phi) is 7.64. The lowest BCUT2D eigenvalue weighted by Crippen LogP contribution is -2.42. The minimum atomic E-state index is -0.306. The molecular weight excluding hydrogens is 278 g/mol. The average molecular weight is 305 g/mol. The van der Waals surface area contributed by atoms with Crippen LogP contribution in [0.15, 0.2) is 30.3 Å². The number of methoxy groups -OCH3 is 1. The molecule has 1 rings (SSSR count). The van der Waals surface area contributed by atoms with Crippen LogP contribution < -0.4 is 0 Å². The molecule has 1 amide bonds. The van der Waals surface area contributed by atoms with Gasteiger partial charge in [-0.3, -0.25) is 9.59 Å². The third kappa shape index (κ3) is 5.51. The van der Waals surface area contributed by atoms with E-state index in [1.807, 2.05) is 49.1 Å². The molecule has 0 aromatic heterocycles. The molecule has 4 heteroatoms. The van der Waals surface area contributed by atoms with E-state index in [2.05, 4.69) is 0 Å². The van der Waals surface area contributed by atoms with Crippen LogP contribution in [0.1, 0.15) is 39.2 Å². The number of amides is 1. The SMILES string of the molecule is CCC(C)N(CC(C)C(=O)OC)C(=O)CCc1ccccc1. The van der Waals surface area contributed by atoms with Crippen molar-refractivity contribution in [1.29, 1.82) is 0 Å². The molecule has 0 heterocycles. The number of ether oxygens (including phenoxy) is 1. The summed E-state index contributed by atoms with van der Waals surface area (Å²) in [4.78, 5) is 25.9. The second-order valence-electron chi connectivity index (χ2n) is 5.71. The van der Waals surface area contributed by atoms with Gasteiger partial charge in [-0.05, 0) is 25.3 Å². The molecule has 0 N–H and O–H groups in total. The highest BCUT2D eigenvalue weighted by molar-refractivity contribution is 5.78. The van der Waals surface area contributed by atoms with Gasteiger partial charge < -0.3 is 9.64 Å². The summed E-state index contributed by atoms with van der Waals surface area (Å²) >= 11 is 0. The Hall–Kier alpha value is -1.84. The summed E-state index contributed by atoms with van der Waals surface area (Å²) in [5, 5.41) is 0. The summed E-state index contributed by atoms with van der Waals surface area (Å²) in [5.41, 5.74) is 1.15. The van der Waals surface area contributed by atoms with Crippen molar-refractivity contribution in [3.05, 3.63) is 35.9 Å². The van der Waals surface area contributed by atoms with Crippen LogP contribution in [0.5, 0.6) is 0 Å². The predicted octanol–water partition coefficient (Wildman–Crippen LogP) is 3.06. The molecule has 0 aliphatic rings. The highest BCUT2D eigenvalue weighted by atomic mass is 16.5. The van der Waals surface area contributed by atoms with Crippen LogP contribution in [0.3, 0.4) is 0 Å². The number of esters is 1. The van der Waals surface area contributed by atoms with Gasteiger partial charge >= 0.3 is 5.97 Å². The van der Waals surface area contributed by atoms with E-state index in [0.29, 0.717) is 13.0 Å². The van der Waals surface area contributed by atoms with Gasteiger partial charge in [0.2, 0.25) is 5.91 Å². The summed E-state index contributed by atoms with van der Waals surface area (Å²) in [5.74, 6) is -0.488. The van der Waals surface area contributed by atoms with Crippen molar-refractivity contribution in [3.63, 3.8) is 0 Å². The Morgan fingerprint density at radius 1 is 1.18 bits per heavy atom. The predicted molar refractivity (Wildman–Crippen MR) is 87.4 cm³/mol. The summed E-state index contributed by atoms with van der Waals surface area (Å²) in [6.45, 7) is 6.27. The first kappa shape index (κ1) is 18.2. The Balaban J connectivity index is 2.66. The maximum Gasteiger partial charge on any atom is 0.310 e. The highest BCUT2D eigenvalue weighted by Gasteiger charge is 2.24. The molecule has 2 unspecified atom stereocenters. The third-order valence-electron chi connectivity index (χ3n) is 3.99. The zero-order valence-electron chi connectivity index (χ0n) is 14.0. The van der Waals surface area contributed by atoms with E-state index >= 15 is 0 Å². The Morgan fingerprint density at radius 2 is 1.82 bits per heavy atom. The monoisotopic (exact) mass is 305 g/mol. The fourth-order valence-corrected chi connectivity index (χ4v) is 2.36. The van der Waals surface area contributed by atoms with Gasteiger partial charge in [-0.1, -0.05) is 44.2 Å². The lowest BCUT2D eigenvalue weighted by Gasteiger charge is -2.30. The Labute approximate surface area is 133 Å². The second kappa shape index (κ2) is 9.23. The van der Waals surface area contributed by atoms with Crippen LogP contribution in [0.2, 0.25) is 0 Å². The van der Waals surface area contributed by atoms with Crippen molar-refractivity contribution in [3.8, 4) is 0 Å². The fourth-order valence-electron chi connectivity index (χ4n) is 2.36. The number of carbonyl (C=O) groups is 2. The molecule has 1 aromatic rings. The smallest absolute Gasteiger partial charge is 0.310 e. The molecule has 122 valence electrons. The number of hydrogen-bond acceptors (Lipinski definition) is 3. The number of carbonyl (C=O) groups excluding carboxylic acids is 2. The molecule has 1 aromatic carbocycles. The van der Waals surface area contributed by atoms with Crippen molar-refractivity contribution in [1.82, 2.24) is 4.90 Å². The lowest BCUT2D eigenvalue weighted by atomic mass is 10.1. The summed E-state index contributed by atoms with van der Waals surface area (Å²) in [6, 6.07) is 10.1. The number of rotatable bonds is 8. The zero-order chi connectivity index (χ0) is 16.5. The van der Waals surface area contributed by atoms with E-state index in [1.165, 1.54) is 7.11 Å². The van der Waals surface area contributed by atoms with Crippen molar-refractivity contribution in [2.45, 2.75) is 46.1 Å². The fraction of sp³-hybridized carbons (Fsp3) is 0.556. The topological polar surface area (TPSA) is 46.6 Å². The molecule has 0 aliphatic carbocycles. The van der Waals surface area contributed by atoms with Gasteiger partial charge in [0.05, 0.1) is 13.0 Å². The van der Waals surface area contributed by atoms with Gasteiger partial charge in [-0.2, -0.15) is 0 Å². The van der Waals surface area contributed by atoms with E-state index in [0.717, 1.165) is 18.4 Å². The molecule has 4 nitrogen and oxygen atoms in total. The van der Waals surface area contributed by atoms with Crippen LogP contribution >= 0.6 is 0 Å². The number of hydrogen-bond donors (Lipinski definition) is 0. The minimum absolute atomic E-state index is 0.0916. The number of nitrogens with zero attached hydrogens (tertiary/aromatic N) is 1. The van der Waals surface area contributed by atoms with Crippen LogP contribution in [0.4, 0.5) is 0 Å². The van der Waals surface area contributed by atoms with Gasteiger partial charge in [-0.25, -0.2) is 0 Å². The van der Waals surface area contributed by atoms with E-state index in [9.17, 15) is 9.59 Å². The Morgan fingerprint density at radius 3 is 2.36 bits per heavy atom. The largest absolute Gasteiger partial charge is 0.469 e. The summed E-state index contributed by atoms with van der Waals surface area (Å²) < 4.78 is 4.76. The first-order chi connectivity index (χ1) is 10.5. The summed E-state index contributed by atoms with van der Waals surface area (Å²) in [7, 11) is 1.38. The van der Waals surface area contributed by atoms with Gasteiger partial charge in [0.25, 0.3) is 0 Å². The zero-order valence-corrected chi connectivity index (χ0v) is 14.0. The average Bonchev–Trinajstić information content (AvgIpc) is 2.56. The molecule has 2 atom stereocenters. The standard InChI is InChI=1S/C18H27NO3/c1-5-15(3)19(13-14(2)18(21)22-4)17(20)12-11-16-9-7-6-8-10-16/h6-10,14-15H,5,11-13H2,1-4H3. The van der Waals surface area contributed by atoms with Gasteiger partial charge in [0, 0.05) is 19.0 Å². The molecular formula is C18H27NO3. The van der Waals surface area contributed by atoms with Crippen molar-refractivity contribution < 1.29 is 14.3 Å². The molecule has 0 fully saturated rings.